The van der Waals surface area contributed by atoms with E-state index >= 15 is 0 Å². The summed E-state index contributed by atoms with van der Waals surface area (Å²) in [6, 6.07) is -1.20. The molecule has 0 heterocycles. The zero-order valence-electron chi connectivity index (χ0n) is 8.23. The first-order chi connectivity index (χ1) is 6.24. The minimum Gasteiger partial charge on any atom is -0.480 e. The van der Waals surface area contributed by atoms with Gasteiger partial charge in [-0.05, 0) is 5.92 Å². The number of nitrogens with two attached hydrogens (primary N) is 1. The van der Waals surface area contributed by atoms with Crippen molar-refractivity contribution in [3.05, 3.63) is 0 Å². The lowest BCUT2D eigenvalue weighted by molar-refractivity contribution is -0.138. The van der Waals surface area contributed by atoms with Crippen LogP contribution < -0.4 is 10.5 Å². The number of sulfonamides is 1. The van der Waals surface area contributed by atoms with Crippen LogP contribution in [-0.4, -0.2) is 37.8 Å². The first-order valence-electron chi connectivity index (χ1n) is 4.20. The van der Waals surface area contributed by atoms with E-state index in [0.29, 0.717) is 0 Å². The van der Waals surface area contributed by atoms with Crippen molar-refractivity contribution in [1.82, 2.24) is 4.72 Å². The summed E-state index contributed by atoms with van der Waals surface area (Å²) in [6.45, 7) is 3.25. The Morgan fingerprint density at radius 2 is 2.00 bits per heavy atom. The molecule has 84 valence electrons. The minimum atomic E-state index is -3.40. The summed E-state index contributed by atoms with van der Waals surface area (Å²) in [5, 5.41) is 8.40. The summed E-state index contributed by atoms with van der Waals surface area (Å²) in [6.07, 6.45) is 0. The van der Waals surface area contributed by atoms with Gasteiger partial charge in [0.25, 0.3) is 0 Å². The van der Waals surface area contributed by atoms with Crippen molar-refractivity contribution in [1.29, 1.82) is 0 Å². The molecule has 0 aliphatic rings. The molecule has 0 saturated heterocycles. The zero-order chi connectivity index (χ0) is 11.4. The summed E-state index contributed by atoms with van der Waals surface area (Å²) >= 11 is 0. The third-order valence-electron chi connectivity index (χ3n) is 1.39. The summed E-state index contributed by atoms with van der Waals surface area (Å²) in [7, 11) is -3.40. The smallest absolute Gasteiger partial charge is 0.321 e. The molecule has 0 aromatic heterocycles. The van der Waals surface area contributed by atoms with Gasteiger partial charge >= 0.3 is 5.97 Å². The number of hydrogen-bond donors (Lipinski definition) is 3. The SMILES string of the molecule is CC(C)CS(=O)(=O)NC[C@H](N)C(=O)O. The molecular formula is C7H16N2O4S. The van der Waals surface area contributed by atoms with Crippen molar-refractivity contribution in [2.24, 2.45) is 11.7 Å². The molecule has 4 N–H and O–H groups in total. The molecule has 1 atom stereocenters. The average molecular weight is 224 g/mol. The van der Waals surface area contributed by atoms with E-state index < -0.39 is 22.0 Å². The van der Waals surface area contributed by atoms with E-state index in [2.05, 4.69) is 4.72 Å². The number of carbonyl (C=O) groups is 1. The Morgan fingerprint density at radius 1 is 1.50 bits per heavy atom. The molecule has 0 rings (SSSR count). The molecule has 6 nitrogen and oxygen atoms in total. The molecule has 0 aromatic rings. The van der Waals surface area contributed by atoms with E-state index in [9.17, 15) is 13.2 Å². The number of nitrogens with one attached hydrogen (secondary N) is 1. The van der Waals surface area contributed by atoms with E-state index in [1.165, 1.54) is 0 Å². The molecule has 0 aromatic carbocycles. The van der Waals surface area contributed by atoms with E-state index in [1.54, 1.807) is 13.8 Å². The molecule has 0 fully saturated rings. The molecular weight excluding hydrogens is 208 g/mol. The Labute approximate surface area is 83.5 Å². The Morgan fingerprint density at radius 3 is 2.36 bits per heavy atom. The van der Waals surface area contributed by atoms with Gasteiger partial charge in [-0.25, -0.2) is 13.1 Å². The van der Waals surface area contributed by atoms with Gasteiger partial charge in [0.1, 0.15) is 6.04 Å². The average Bonchev–Trinajstić information content (AvgIpc) is 1.97. The van der Waals surface area contributed by atoms with Gasteiger partial charge in [0.05, 0.1) is 5.75 Å². The highest BCUT2D eigenvalue weighted by Crippen LogP contribution is 1.97. The minimum absolute atomic E-state index is 0.00597. The highest BCUT2D eigenvalue weighted by Gasteiger charge is 2.17. The van der Waals surface area contributed by atoms with Gasteiger partial charge in [-0.3, -0.25) is 4.79 Å². The van der Waals surface area contributed by atoms with Crippen molar-refractivity contribution in [3.63, 3.8) is 0 Å². The number of carboxylic acid groups (broad SMARTS) is 1. The van der Waals surface area contributed by atoms with E-state index in [4.69, 9.17) is 10.8 Å². The predicted molar refractivity (Wildman–Crippen MR) is 52.2 cm³/mol. The van der Waals surface area contributed by atoms with Gasteiger partial charge in [0.2, 0.25) is 10.0 Å². The first-order valence-corrected chi connectivity index (χ1v) is 5.85. The third-order valence-corrected chi connectivity index (χ3v) is 3.11. The lowest BCUT2D eigenvalue weighted by atomic mass is 10.3. The number of rotatable bonds is 6. The van der Waals surface area contributed by atoms with E-state index in [1.807, 2.05) is 0 Å². The lowest BCUT2D eigenvalue weighted by Gasteiger charge is -2.10. The highest BCUT2D eigenvalue weighted by atomic mass is 32.2. The predicted octanol–water partition coefficient (Wildman–Crippen LogP) is -1.03. The van der Waals surface area contributed by atoms with Crippen LogP contribution in [0.4, 0.5) is 0 Å². The Hall–Kier alpha value is -0.660. The van der Waals surface area contributed by atoms with Crippen molar-refractivity contribution >= 4 is 16.0 Å². The summed E-state index contributed by atoms with van der Waals surface area (Å²) in [5.74, 6) is -1.26. The standard InChI is InChI=1S/C7H16N2O4S/c1-5(2)4-14(12,13)9-3-6(8)7(10)11/h5-6,9H,3-4,8H2,1-2H3,(H,10,11)/t6-/m0/s1. The van der Waals surface area contributed by atoms with Gasteiger partial charge in [-0.2, -0.15) is 0 Å². The van der Waals surface area contributed by atoms with Gasteiger partial charge in [-0.15, -0.1) is 0 Å². The molecule has 7 heteroatoms. The van der Waals surface area contributed by atoms with Gasteiger partial charge in [0.15, 0.2) is 0 Å². The van der Waals surface area contributed by atoms with Crippen molar-refractivity contribution < 1.29 is 18.3 Å². The van der Waals surface area contributed by atoms with Crippen molar-refractivity contribution in [2.45, 2.75) is 19.9 Å². The second-order valence-electron chi connectivity index (χ2n) is 3.47. The molecule has 0 aliphatic heterocycles. The van der Waals surface area contributed by atoms with Crippen LogP contribution >= 0.6 is 0 Å². The quantitative estimate of drug-likeness (QED) is 0.534. The largest absolute Gasteiger partial charge is 0.480 e. The molecule has 0 saturated carbocycles. The molecule has 0 amide bonds. The molecule has 0 unspecified atom stereocenters. The van der Waals surface area contributed by atoms with Crippen molar-refractivity contribution in [3.8, 4) is 0 Å². The number of hydrogen-bond acceptors (Lipinski definition) is 4. The molecule has 0 spiro atoms. The zero-order valence-corrected chi connectivity index (χ0v) is 9.04. The van der Waals surface area contributed by atoms with Gasteiger partial charge < -0.3 is 10.8 Å². The van der Waals surface area contributed by atoms with Crippen LogP contribution in [-0.2, 0) is 14.8 Å². The van der Waals surface area contributed by atoms with Crippen LogP contribution in [0.15, 0.2) is 0 Å². The second kappa shape index (κ2) is 5.28. The monoisotopic (exact) mass is 224 g/mol. The topological polar surface area (TPSA) is 109 Å². The van der Waals surface area contributed by atoms with E-state index in [-0.39, 0.29) is 18.2 Å². The number of carboxylic acids is 1. The van der Waals surface area contributed by atoms with Crippen LogP contribution in [0, 0.1) is 5.92 Å². The maximum atomic E-state index is 11.2. The second-order valence-corrected chi connectivity index (χ2v) is 5.32. The maximum Gasteiger partial charge on any atom is 0.321 e. The fourth-order valence-electron chi connectivity index (χ4n) is 0.802. The lowest BCUT2D eigenvalue weighted by Crippen LogP contribution is -2.43. The van der Waals surface area contributed by atoms with Gasteiger partial charge in [-0.1, -0.05) is 13.8 Å². The normalized spacial score (nSPS) is 14.3. The fourth-order valence-corrected chi connectivity index (χ4v) is 2.23. The van der Waals surface area contributed by atoms with Crippen LogP contribution in [0.25, 0.3) is 0 Å². The number of aliphatic carboxylic acids is 1. The Bertz CT molecular complexity index is 286. The third kappa shape index (κ3) is 5.90. The van der Waals surface area contributed by atoms with Crippen molar-refractivity contribution in [2.75, 3.05) is 12.3 Å². The molecule has 0 bridgehead atoms. The Kier molecular flexibility index (Phi) is 5.03. The van der Waals surface area contributed by atoms with E-state index in [0.717, 1.165) is 0 Å². The molecule has 14 heavy (non-hydrogen) atoms. The summed E-state index contributed by atoms with van der Waals surface area (Å²) in [4.78, 5) is 10.3. The maximum absolute atomic E-state index is 11.2. The van der Waals surface area contributed by atoms with Crippen LogP contribution in [0.2, 0.25) is 0 Å². The van der Waals surface area contributed by atoms with Crippen LogP contribution in [0.3, 0.4) is 0 Å². The molecule has 0 aliphatic carbocycles. The molecule has 0 radical (unpaired) electrons. The Balaban J connectivity index is 4.06. The van der Waals surface area contributed by atoms with Gasteiger partial charge in [0, 0.05) is 6.54 Å². The first kappa shape index (κ1) is 13.3. The highest BCUT2D eigenvalue weighted by molar-refractivity contribution is 7.89. The fraction of sp³-hybridized carbons (Fsp3) is 0.857. The summed E-state index contributed by atoms with van der Waals surface area (Å²) < 4.78 is 24.6. The van der Waals surface area contributed by atoms with Crippen LogP contribution in [0.5, 0.6) is 0 Å². The van der Waals surface area contributed by atoms with Crippen LogP contribution in [0.1, 0.15) is 13.8 Å². The summed E-state index contributed by atoms with van der Waals surface area (Å²) in [5.41, 5.74) is 5.13.